The van der Waals surface area contributed by atoms with E-state index >= 15 is 0 Å². The molecule has 1 saturated heterocycles. The number of unbranched alkanes of at least 4 members (excludes halogenated alkanes) is 37. The van der Waals surface area contributed by atoms with Gasteiger partial charge in [0, 0.05) is 0 Å². The molecule has 0 spiro atoms. The molecule has 1 rings (SSSR count). The van der Waals surface area contributed by atoms with Gasteiger partial charge in [-0.25, -0.2) is 0 Å². The third-order valence-corrected chi connectivity index (χ3v) is 15.4. The average Bonchev–Trinajstić information content (AvgIpc) is 3.41. The Hall–Kier alpha value is -1.67. The van der Waals surface area contributed by atoms with Gasteiger partial charge in [0.05, 0.1) is 25.4 Å². The smallest absolute Gasteiger partial charge is 0.249 e. The first-order valence-electron chi connectivity index (χ1n) is 31.9. The molecule has 1 aliphatic rings. The number of amides is 1. The normalized spacial score (nSPS) is 19.9. The highest BCUT2D eigenvalue weighted by molar-refractivity contribution is 5.80. The lowest BCUT2D eigenvalue weighted by atomic mass is 9.98. The number of ether oxygens (including phenoxy) is 2. The highest BCUT2D eigenvalue weighted by atomic mass is 16.7. The summed E-state index contributed by atoms with van der Waals surface area (Å²) in [6.45, 7) is 3.47. The number of aliphatic hydroxyl groups excluding tert-OH is 7. The molecule has 0 aromatic carbocycles. The Morgan fingerprint density at radius 3 is 1.19 bits per heavy atom. The van der Waals surface area contributed by atoms with Crippen LogP contribution in [0.15, 0.2) is 36.5 Å². The Bertz CT molecular complexity index is 1310. The molecule has 0 radical (unpaired) electrons. The maximum absolute atomic E-state index is 13.2. The van der Waals surface area contributed by atoms with Gasteiger partial charge in [0.1, 0.15) is 36.6 Å². The summed E-state index contributed by atoms with van der Waals surface area (Å²) in [4.78, 5) is 13.2. The van der Waals surface area contributed by atoms with Gasteiger partial charge in [0.2, 0.25) is 5.91 Å². The number of rotatable bonds is 55. The summed E-state index contributed by atoms with van der Waals surface area (Å²) >= 11 is 0. The highest BCUT2D eigenvalue weighted by Gasteiger charge is 2.44. The summed E-state index contributed by atoms with van der Waals surface area (Å²) in [5.41, 5.74) is 0. The van der Waals surface area contributed by atoms with Gasteiger partial charge in [-0.2, -0.15) is 0 Å². The van der Waals surface area contributed by atoms with E-state index in [0.29, 0.717) is 19.3 Å². The van der Waals surface area contributed by atoms with E-state index in [1.807, 2.05) is 0 Å². The molecule has 75 heavy (non-hydrogen) atoms. The number of aliphatic hydroxyl groups is 7. The number of carbonyl (C=O) groups excluding carboxylic acids is 1. The fourth-order valence-corrected chi connectivity index (χ4v) is 10.2. The van der Waals surface area contributed by atoms with E-state index in [-0.39, 0.29) is 12.8 Å². The van der Waals surface area contributed by atoms with Crippen molar-refractivity contribution < 1.29 is 50.0 Å². The predicted octanol–water partition coefficient (Wildman–Crippen LogP) is 14.2. The lowest BCUT2D eigenvalue weighted by molar-refractivity contribution is -0.303. The summed E-state index contributed by atoms with van der Waals surface area (Å²) < 4.78 is 11.1. The van der Waals surface area contributed by atoms with Crippen LogP contribution in [0.25, 0.3) is 0 Å². The Morgan fingerprint density at radius 2 is 0.800 bits per heavy atom. The van der Waals surface area contributed by atoms with Crippen LogP contribution in [0.4, 0.5) is 0 Å². The lowest BCUT2D eigenvalue weighted by Crippen LogP contribution is -2.60. The molecule has 9 unspecified atom stereocenters. The van der Waals surface area contributed by atoms with Crippen molar-refractivity contribution in [1.82, 2.24) is 5.32 Å². The van der Waals surface area contributed by atoms with Crippen molar-refractivity contribution in [2.45, 2.75) is 351 Å². The summed E-state index contributed by atoms with van der Waals surface area (Å²) in [7, 11) is 0. The average molecular weight is 1060 g/mol. The summed E-state index contributed by atoms with van der Waals surface area (Å²) in [6.07, 6.45) is 55.0. The molecule has 1 heterocycles. The summed E-state index contributed by atoms with van der Waals surface area (Å²) in [6, 6.07) is -1.19. The molecular formula is C64H121NO10. The maximum Gasteiger partial charge on any atom is 0.249 e. The van der Waals surface area contributed by atoms with Crippen LogP contribution in [0.3, 0.4) is 0 Å². The van der Waals surface area contributed by atoms with Gasteiger partial charge in [-0.15, -0.1) is 0 Å². The molecule has 0 aromatic heterocycles. The van der Waals surface area contributed by atoms with Crippen LogP contribution in [0.1, 0.15) is 296 Å². The van der Waals surface area contributed by atoms with Gasteiger partial charge < -0.3 is 50.5 Å². The van der Waals surface area contributed by atoms with Crippen LogP contribution in [-0.2, 0) is 14.3 Å². The van der Waals surface area contributed by atoms with Crippen molar-refractivity contribution in [2.75, 3.05) is 13.2 Å². The fourth-order valence-electron chi connectivity index (χ4n) is 10.2. The molecule has 1 aliphatic heterocycles. The molecule has 9 atom stereocenters. The van der Waals surface area contributed by atoms with Crippen LogP contribution in [0.2, 0.25) is 0 Å². The predicted molar refractivity (Wildman–Crippen MR) is 312 cm³/mol. The lowest BCUT2D eigenvalue weighted by Gasteiger charge is -2.40. The Morgan fingerprint density at radius 1 is 0.453 bits per heavy atom. The quantitative estimate of drug-likeness (QED) is 0.0215. The Kier molecular flexibility index (Phi) is 50.4. The van der Waals surface area contributed by atoms with Gasteiger partial charge >= 0.3 is 0 Å². The van der Waals surface area contributed by atoms with E-state index in [1.165, 1.54) is 193 Å². The second-order valence-electron chi connectivity index (χ2n) is 22.5. The minimum atomic E-state index is -1.67. The largest absolute Gasteiger partial charge is 0.394 e. The number of nitrogens with one attached hydrogen (secondary N) is 1. The first-order valence-corrected chi connectivity index (χ1v) is 31.9. The van der Waals surface area contributed by atoms with E-state index in [4.69, 9.17) is 9.47 Å². The number of carbonyl (C=O) groups is 1. The van der Waals surface area contributed by atoms with Gasteiger partial charge in [-0.1, -0.05) is 256 Å². The zero-order chi connectivity index (χ0) is 54.7. The van der Waals surface area contributed by atoms with Gasteiger partial charge in [-0.05, 0) is 77.0 Å². The zero-order valence-electron chi connectivity index (χ0n) is 48.5. The van der Waals surface area contributed by atoms with Crippen LogP contribution in [0, 0.1) is 0 Å². The van der Waals surface area contributed by atoms with Crippen molar-refractivity contribution in [3.63, 3.8) is 0 Å². The Balaban J connectivity index is 2.28. The van der Waals surface area contributed by atoms with Crippen LogP contribution in [0.5, 0.6) is 0 Å². The minimum Gasteiger partial charge on any atom is -0.394 e. The molecule has 8 N–H and O–H groups in total. The van der Waals surface area contributed by atoms with Crippen molar-refractivity contribution in [2.24, 2.45) is 0 Å². The van der Waals surface area contributed by atoms with Crippen molar-refractivity contribution in [3.8, 4) is 0 Å². The van der Waals surface area contributed by atoms with Crippen molar-refractivity contribution in [1.29, 1.82) is 0 Å². The van der Waals surface area contributed by atoms with Crippen LogP contribution in [-0.4, -0.2) is 110 Å². The Labute approximate surface area is 460 Å². The van der Waals surface area contributed by atoms with E-state index in [1.54, 1.807) is 0 Å². The highest BCUT2D eigenvalue weighted by Crippen LogP contribution is 2.23. The second-order valence-corrected chi connectivity index (χ2v) is 22.5. The monoisotopic (exact) mass is 1060 g/mol. The standard InChI is InChI=1S/C64H121NO10/c1-3-5-7-9-11-13-15-17-19-21-23-24-25-26-27-28-29-30-31-32-34-35-37-39-41-43-45-47-49-51-56(67)59(69)55(54-74-64-62(72)61(71)60(70)58(53-66)75-64)65-63(73)57(68)52-50-48-46-44-42-40-38-36-33-22-20-18-16-14-12-10-8-6-4-2/h33,35-37,43,45,55-62,64,66-72H,3-32,34,38-42,44,46-54H2,1-2H3,(H,65,73)/b36-33-,37-35+,45-43+. The number of allylic oxidation sites excluding steroid dienone is 6. The number of hydrogen-bond acceptors (Lipinski definition) is 10. The molecular weight excluding hydrogens is 943 g/mol. The SMILES string of the molecule is CCCCCCCCCCC/C=C\CCCCCCCCC(O)C(=O)NC(COC1OC(CO)C(O)C(O)C1O)C(O)C(O)CCC/C=C/CC/C=C/CCCCCCCCCCCCCCCCCCCCCC. The third kappa shape index (κ3) is 41.1. The van der Waals surface area contributed by atoms with Crippen molar-refractivity contribution >= 4 is 5.91 Å². The summed E-state index contributed by atoms with van der Waals surface area (Å²) in [5, 5.41) is 76.2. The van der Waals surface area contributed by atoms with Gasteiger partial charge in [0.15, 0.2) is 6.29 Å². The second kappa shape index (κ2) is 53.0. The molecule has 442 valence electrons. The first-order chi connectivity index (χ1) is 36.7. The van der Waals surface area contributed by atoms with E-state index in [9.17, 15) is 40.5 Å². The van der Waals surface area contributed by atoms with E-state index in [0.717, 1.165) is 57.8 Å². The molecule has 0 aliphatic carbocycles. The third-order valence-electron chi connectivity index (χ3n) is 15.4. The summed E-state index contributed by atoms with van der Waals surface area (Å²) in [5.74, 6) is -0.712. The molecule has 0 bridgehead atoms. The zero-order valence-corrected chi connectivity index (χ0v) is 48.5. The molecule has 0 saturated carbocycles. The minimum absolute atomic E-state index is 0.244. The molecule has 1 fully saturated rings. The topological polar surface area (TPSA) is 189 Å². The van der Waals surface area contributed by atoms with Crippen LogP contribution >= 0.6 is 0 Å². The molecule has 11 heteroatoms. The number of hydrogen-bond donors (Lipinski definition) is 8. The maximum atomic E-state index is 13.2. The molecule has 1 amide bonds. The van der Waals surface area contributed by atoms with Crippen molar-refractivity contribution in [3.05, 3.63) is 36.5 Å². The fraction of sp³-hybridized carbons (Fsp3) is 0.891. The first kappa shape index (κ1) is 71.3. The molecule has 0 aromatic rings. The van der Waals surface area contributed by atoms with Gasteiger partial charge in [-0.3, -0.25) is 4.79 Å². The molecule has 11 nitrogen and oxygen atoms in total. The van der Waals surface area contributed by atoms with E-state index in [2.05, 4.69) is 55.6 Å². The van der Waals surface area contributed by atoms with Gasteiger partial charge in [0.25, 0.3) is 0 Å². The van der Waals surface area contributed by atoms with E-state index < -0.39 is 74.2 Å². The van der Waals surface area contributed by atoms with Crippen LogP contribution < -0.4 is 5.32 Å².